The van der Waals surface area contributed by atoms with E-state index in [4.69, 9.17) is 0 Å². The molecule has 1 atom stereocenters. The van der Waals surface area contributed by atoms with E-state index in [1.807, 2.05) is 13.8 Å². The van der Waals surface area contributed by atoms with Gasteiger partial charge in [0.05, 0.1) is 6.54 Å². The monoisotopic (exact) mass is 268 g/mol. The van der Waals surface area contributed by atoms with Crippen LogP contribution in [0.25, 0.3) is 0 Å². The molecule has 0 radical (unpaired) electrons. The van der Waals surface area contributed by atoms with Gasteiger partial charge in [0.2, 0.25) is 5.91 Å². The van der Waals surface area contributed by atoms with Gasteiger partial charge in [0.1, 0.15) is 5.54 Å². The van der Waals surface area contributed by atoms with Crippen molar-refractivity contribution in [3.05, 3.63) is 0 Å². The minimum absolute atomic E-state index is 0.0129. The van der Waals surface area contributed by atoms with Gasteiger partial charge in [0.15, 0.2) is 0 Å². The van der Waals surface area contributed by atoms with Crippen LogP contribution in [0.4, 0.5) is 4.79 Å². The molecule has 7 heteroatoms. The number of urea groups is 1. The summed E-state index contributed by atoms with van der Waals surface area (Å²) >= 11 is 0. The molecule has 2 rings (SSSR count). The zero-order chi connectivity index (χ0) is 14.0. The van der Waals surface area contributed by atoms with Gasteiger partial charge in [-0.2, -0.15) is 0 Å². The van der Waals surface area contributed by atoms with Crippen LogP contribution in [-0.2, 0) is 9.59 Å². The van der Waals surface area contributed by atoms with Gasteiger partial charge in [0.25, 0.3) is 5.91 Å². The smallest absolute Gasteiger partial charge is 0.322 e. The summed E-state index contributed by atoms with van der Waals surface area (Å²) in [4.78, 5) is 36.6. The third-order valence-corrected chi connectivity index (χ3v) is 3.53. The molecule has 4 amide bonds. The largest absolute Gasteiger partial charge is 0.340 e. The van der Waals surface area contributed by atoms with Crippen molar-refractivity contribution in [1.29, 1.82) is 0 Å². The third-order valence-electron chi connectivity index (χ3n) is 3.53. The number of carbonyl (C=O) groups excluding carboxylic acids is 3. The fourth-order valence-corrected chi connectivity index (χ4v) is 2.46. The summed E-state index contributed by atoms with van der Waals surface area (Å²) in [6, 6.07) is -0.126. The van der Waals surface area contributed by atoms with E-state index in [1.54, 1.807) is 4.90 Å². The van der Waals surface area contributed by atoms with Crippen LogP contribution in [0.5, 0.6) is 0 Å². The third kappa shape index (κ3) is 2.86. The van der Waals surface area contributed by atoms with E-state index in [2.05, 4.69) is 16.0 Å². The van der Waals surface area contributed by atoms with Crippen LogP contribution in [-0.4, -0.2) is 54.0 Å². The van der Waals surface area contributed by atoms with Gasteiger partial charge in [-0.3, -0.25) is 14.9 Å². The summed E-state index contributed by atoms with van der Waals surface area (Å²) in [7, 11) is 0. The van der Waals surface area contributed by atoms with E-state index in [-0.39, 0.29) is 18.4 Å². The number of hydrogen-bond acceptors (Lipinski definition) is 4. The number of imide groups is 1. The van der Waals surface area contributed by atoms with Crippen molar-refractivity contribution in [2.24, 2.45) is 0 Å². The Labute approximate surface area is 112 Å². The van der Waals surface area contributed by atoms with E-state index in [0.29, 0.717) is 32.0 Å². The maximum atomic E-state index is 12.0. The molecule has 1 unspecified atom stereocenters. The highest BCUT2D eigenvalue weighted by molar-refractivity contribution is 6.07. The number of amides is 4. The van der Waals surface area contributed by atoms with Crippen LogP contribution in [0, 0.1) is 0 Å². The molecule has 2 aliphatic heterocycles. The van der Waals surface area contributed by atoms with Crippen molar-refractivity contribution in [3.63, 3.8) is 0 Å². The van der Waals surface area contributed by atoms with Crippen molar-refractivity contribution < 1.29 is 14.4 Å². The molecule has 1 spiro atoms. The molecule has 0 bridgehead atoms. The Bertz CT molecular complexity index is 410. The van der Waals surface area contributed by atoms with Crippen molar-refractivity contribution in [3.8, 4) is 0 Å². The Balaban J connectivity index is 1.86. The first kappa shape index (κ1) is 13.8. The fraction of sp³-hybridized carbons (Fsp3) is 0.750. The van der Waals surface area contributed by atoms with Gasteiger partial charge in [-0.1, -0.05) is 13.8 Å². The number of carbonyl (C=O) groups is 3. The predicted octanol–water partition coefficient (Wildman–Crippen LogP) is -0.815. The van der Waals surface area contributed by atoms with Crippen LogP contribution in [0.3, 0.4) is 0 Å². The average molecular weight is 268 g/mol. The van der Waals surface area contributed by atoms with Crippen LogP contribution < -0.4 is 16.0 Å². The Morgan fingerprint density at radius 3 is 2.79 bits per heavy atom. The number of hydrogen-bond donors (Lipinski definition) is 3. The minimum atomic E-state index is -0.905. The van der Waals surface area contributed by atoms with E-state index < -0.39 is 11.6 Å². The minimum Gasteiger partial charge on any atom is -0.340 e. The van der Waals surface area contributed by atoms with Crippen molar-refractivity contribution in [2.45, 2.75) is 38.3 Å². The first-order valence-corrected chi connectivity index (χ1v) is 6.58. The van der Waals surface area contributed by atoms with Crippen molar-refractivity contribution >= 4 is 17.8 Å². The predicted molar refractivity (Wildman–Crippen MR) is 68.4 cm³/mol. The molecule has 2 saturated heterocycles. The molecule has 19 heavy (non-hydrogen) atoms. The van der Waals surface area contributed by atoms with E-state index in [9.17, 15) is 14.4 Å². The van der Waals surface area contributed by atoms with Gasteiger partial charge in [0, 0.05) is 25.6 Å². The highest BCUT2D eigenvalue weighted by Crippen LogP contribution is 2.24. The molecule has 0 saturated carbocycles. The summed E-state index contributed by atoms with van der Waals surface area (Å²) < 4.78 is 0. The van der Waals surface area contributed by atoms with E-state index in [1.165, 1.54) is 0 Å². The van der Waals surface area contributed by atoms with Gasteiger partial charge >= 0.3 is 6.03 Å². The summed E-state index contributed by atoms with van der Waals surface area (Å²) in [5, 5.41) is 8.04. The van der Waals surface area contributed by atoms with Gasteiger partial charge in [-0.05, 0) is 6.42 Å². The van der Waals surface area contributed by atoms with Crippen molar-refractivity contribution in [2.75, 3.05) is 19.6 Å². The standard InChI is InChI=1S/C12H20N4O3/c1-8(2)13-5-3-9(17)16-6-4-12(7-16)10(18)14-11(19)15-12/h8,13H,3-7H2,1-2H3,(H2,14,15,18,19). The van der Waals surface area contributed by atoms with Gasteiger partial charge in [-0.15, -0.1) is 0 Å². The molecule has 2 heterocycles. The highest BCUT2D eigenvalue weighted by Gasteiger charge is 2.51. The van der Waals surface area contributed by atoms with E-state index in [0.717, 1.165) is 0 Å². The average Bonchev–Trinajstić information content (AvgIpc) is 2.84. The number of nitrogens with one attached hydrogen (secondary N) is 3. The molecule has 2 fully saturated rings. The Morgan fingerprint density at radius 1 is 1.47 bits per heavy atom. The maximum absolute atomic E-state index is 12.0. The quantitative estimate of drug-likeness (QED) is 0.581. The highest BCUT2D eigenvalue weighted by atomic mass is 16.2. The lowest BCUT2D eigenvalue weighted by Gasteiger charge is -2.21. The second kappa shape index (κ2) is 5.16. The SMILES string of the molecule is CC(C)NCCC(=O)N1CCC2(C1)NC(=O)NC2=O. The molecule has 0 aromatic heterocycles. The first-order valence-electron chi connectivity index (χ1n) is 6.58. The zero-order valence-corrected chi connectivity index (χ0v) is 11.3. The second-order valence-corrected chi connectivity index (χ2v) is 5.41. The summed E-state index contributed by atoms with van der Waals surface area (Å²) in [5.41, 5.74) is -0.905. The topological polar surface area (TPSA) is 90.5 Å². The van der Waals surface area contributed by atoms with Crippen molar-refractivity contribution in [1.82, 2.24) is 20.9 Å². The molecular weight excluding hydrogens is 248 g/mol. The van der Waals surface area contributed by atoms with Gasteiger partial charge < -0.3 is 15.5 Å². The number of nitrogens with zero attached hydrogens (tertiary/aromatic N) is 1. The molecule has 7 nitrogen and oxygen atoms in total. The molecule has 2 aliphatic rings. The Morgan fingerprint density at radius 2 is 2.21 bits per heavy atom. The second-order valence-electron chi connectivity index (χ2n) is 5.41. The fourth-order valence-electron chi connectivity index (χ4n) is 2.46. The lowest BCUT2D eigenvalue weighted by Crippen LogP contribution is -2.49. The van der Waals surface area contributed by atoms with E-state index >= 15 is 0 Å². The molecule has 0 aromatic carbocycles. The Hall–Kier alpha value is -1.63. The first-order chi connectivity index (χ1) is 8.93. The summed E-state index contributed by atoms with van der Waals surface area (Å²) in [6.45, 7) is 5.44. The molecule has 106 valence electrons. The van der Waals surface area contributed by atoms with Crippen LogP contribution in [0.1, 0.15) is 26.7 Å². The lowest BCUT2D eigenvalue weighted by atomic mass is 10.00. The van der Waals surface area contributed by atoms with Crippen LogP contribution in [0.15, 0.2) is 0 Å². The summed E-state index contributed by atoms with van der Waals surface area (Å²) in [5.74, 6) is -0.313. The Kier molecular flexibility index (Phi) is 3.75. The number of likely N-dealkylation sites (tertiary alicyclic amines) is 1. The molecule has 0 aromatic rings. The van der Waals surface area contributed by atoms with Gasteiger partial charge in [-0.25, -0.2) is 4.79 Å². The normalized spacial score (nSPS) is 26.2. The number of rotatable bonds is 4. The van der Waals surface area contributed by atoms with Crippen LogP contribution in [0.2, 0.25) is 0 Å². The molecule has 3 N–H and O–H groups in total. The lowest BCUT2D eigenvalue weighted by molar-refractivity contribution is -0.130. The zero-order valence-electron chi connectivity index (χ0n) is 11.3. The summed E-state index contributed by atoms with van der Waals surface area (Å²) in [6.07, 6.45) is 0.887. The molecular formula is C12H20N4O3. The molecule has 0 aliphatic carbocycles. The maximum Gasteiger partial charge on any atom is 0.322 e. The van der Waals surface area contributed by atoms with Crippen LogP contribution >= 0.6 is 0 Å².